The SMILES string of the molecule is O=c1[nH]c2cccc(Cl)c2n1C1CCCCC1. The van der Waals surface area contributed by atoms with Gasteiger partial charge in [-0.2, -0.15) is 0 Å². The Bertz CT molecular complexity index is 593. The van der Waals surface area contributed by atoms with E-state index in [1.807, 2.05) is 22.8 Å². The summed E-state index contributed by atoms with van der Waals surface area (Å²) in [6.07, 6.45) is 5.85. The fraction of sp³-hybridized carbons (Fsp3) is 0.462. The molecule has 0 bridgehead atoms. The Labute approximate surface area is 104 Å². The first kappa shape index (κ1) is 10.9. The number of hydrogen-bond acceptors (Lipinski definition) is 1. The van der Waals surface area contributed by atoms with Crippen LogP contribution < -0.4 is 5.69 Å². The fourth-order valence-corrected chi connectivity index (χ4v) is 3.09. The van der Waals surface area contributed by atoms with E-state index >= 15 is 0 Å². The van der Waals surface area contributed by atoms with Gasteiger partial charge in [0.2, 0.25) is 0 Å². The molecule has 3 nitrogen and oxygen atoms in total. The summed E-state index contributed by atoms with van der Waals surface area (Å²) in [5.41, 5.74) is 1.68. The van der Waals surface area contributed by atoms with Gasteiger partial charge in [0.1, 0.15) is 0 Å². The van der Waals surface area contributed by atoms with Gasteiger partial charge in [0.15, 0.2) is 0 Å². The van der Waals surface area contributed by atoms with E-state index in [2.05, 4.69) is 4.98 Å². The number of halogens is 1. The van der Waals surface area contributed by atoms with Crippen molar-refractivity contribution in [2.24, 2.45) is 0 Å². The Morgan fingerprint density at radius 1 is 1.24 bits per heavy atom. The zero-order chi connectivity index (χ0) is 11.8. The first-order valence-corrected chi connectivity index (χ1v) is 6.54. The Hall–Kier alpha value is -1.22. The third-order valence-electron chi connectivity index (χ3n) is 3.63. The van der Waals surface area contributed by atoms with Gasteiger partial charge in [0.05, 0.1) is 16.1 Å². The van der Waals surface area contributed by atoms with Crippen molar-refractivity contribution in [1.29, 1.82) is 0 Å². The Kier molecular flexibility index (Phi) is 2.71. The number of nitrogens with zero attached hydrogens (tertiary/aromatic N) is 1. The number of aromatic amines is 1. The van der Waals surface area contributed by atoms with E-state index in [0.717, 1.165) is 23.9 Å². The van der Waals surface area contributed by atoms with Crippen LogP contribution in [-0.2, 0) is 0 Å². The second kappa shape index (κ2) is 4.22. The van der Waals surface area contributed by atoms with Crippen molar-refractivity contribution >= 4 is 22.6 Å². The summed E-state index contributed by atoms with van der Waals surface area (Å²) < 4.78 is 1.86. The molecule has 1 heterocycles. The van der Waals surface area contributed by atoms with Crippen LogP contribution in [0.25, 0.3) is 11.0 Å². The summed E-state index contributed by atoms with van der Waals surface area (Å²) in [5, 5.41) is 0.659. The van der Waals surface area contributed by atoms with Gasteiger partial charge < -0.3 is 4.98 Å². The van der Waals surface area contributed by atoms with Gasteiger partial charge in [-0.05, 0) is 25.0 Å². The number of hydrogen-bond donors (Lipinski definition) is 1. The van der Waals surface area contributed by atoms with Crippen molar-refractivity contribution in [2.75, 3.05) is 0 Å². The third kappa shape index (κ3) is 1.78. The maximum absolute atomic E-state index is 12.0. The van der Waals surface area contributed by atoms with Crippen LogP contribution in [0, 0.1) is 0 Å². The quantitative estimate of drug-likeness (QED) is 0.827. The van der Waals surface area contributed by atoms with Gasteiger partial charge in [-0.1, -0.05) is 36.9 Å². The molecule has 2 aromatic rings. The van der Waals surface area contributed by atoms with Crippen LogP contribution in [0.5, 0.6) is 0 Å². The van der Waals surface area contributed by atoms with Crippen LogP contribution in [0.3, 0.4) is 0 Å². The van der Waals surface area contributed by atoms with Gasteiger partial charge in [-0.15, -0.1) is 0 Å². The normalized spacial score (nSPS) is 17.7. The average Bonchev–Trinajstić information content (AvgIpc) is 2.68. The fourth-order valence-electron chi connectivity index (χ4n) is 2.83. The summed E-state index contributed by atoms with van der Waals surface area (Å²) in [7, 11) is 0. The molecule has 4 heteroatoms. The molecule has 0 aliphatic heterocycles. The van der Waals surface area contributed by atoms with E-state index < -0.39 is 0 Å². The molecule has 0 unspecified atom stereocenters. The molecule has 1 fully saturated rings. The van der Waals surface area contributed by atoms with Gasteiger partial charge >= 0.3 is 5.69 Å². The smallest absolute Gasteiger partial charge is 0.305 e. The van der Waals surface area contributed by atoms with Crippen molar-refractivity contribution in [3.05, 3.63) is 33.7 Å². The molecular formula is C13H15ClN2O. The molecule has 1 N–H and O–H groups in total. The molecule has 1 aromatic heterocycles. The van der Waals surface area contributed by atoms with E-state index in [1.54, 1.807) is 0 Å². The Balaban J connectivity index is 2.20. The minimum atomic E-state index is -0.0278. The molecule has 1 aromatic carbocycles. The molecule has 0 radical (unpaired) electrons. The van der Waals surface area contributed by atoms with Gasteiger partial charge in [0, 0.05) is 6.04 Å². The summed E-state index contributed by atoms with van der Waals surface area (Å²) >= 11 is 6.22. The number of H-pyrrole nitrogens is 1. The van der Waals surface area contributed by atoms with Crippen LogP contribution in [0.2, 0.25) is 5.02 Å². The highest BCUT2D eigenvalue weighted by molar-refractivity contribution is 6.34. The molecule has 0 saturated heterocycles. The van der Waals surface area contributed by atoms with E-state index in [-0.39, 0.29) is 5.69 Å². The van der Waals surface area contributed by atoms with Crippen LogP contribution in [0.1, 0.15) is 38.1 Å². The summed E-state index contributed by atoms with van der Waals surface area (Å²) in [5.74, 6) is 0. The number of fused-ring (bicyclic) bond motifs is 1. The molecule has 1 aliphatic rings. The van der Waals surface area contributed by atoms with Gasteiger partial charge in [0.25, 0.3) is 0 Å². The number of rotatable bonds is 1. The van der Waals surface area contributed by atoms with Crippen LogP contribution >= 0.6 is 11.6 Å². The molecule has 3 rings (SSSR count). The predicted octanol–water partition coefficient (Wildman–Crippen LogP) is 3.49. The first-order chi connectivity index (χ1) is 8.27. The summed E-state index contributed by atoms with van der Waals surface area (Å²) in [6.45, 7) is 0. The molecular weight excluding hydrogens is 236 g/mol. The van der Waals surface area contributed by atoms with E-state index in [9.17, 15) is 4.79 Å². The number of nitrogens with one attached hydrogen (secondary N) is 1. The molecule has 1 saturated carbocycles. The average molecular weight is 251 g/mol. The Morgan fingerprint density at radius 3 is 2.76 bits per heavy atom. The lowest BCUT2D eigenvalue weighted by atomic mass is 9.95. The monoisotopic (exact) mass is 250 g/mol. The second-order valence-corrected chi connectivity index (χ2v) is 5.14. The highest BCUT2D eigenvalue weighted by Crippen LogP contribution is 2.31. The lowest BCUT2D eigenvalue weighted by molar-refractivity contribution is 0.354. The highest BCUT2D eigenvalue weighted by Gasteiger charge is 2.20. The maximum atomic E-state index is 12.0. The molecule has 0 amide bonds. The van der Waals surface area contributed by atoms with E-state index in [1.165, 1.54) is 19.3 Å². The lowest BCUT2D eigenvalue weighted by Gasteiger charge is -2.23. The van der Waals surface area contributed by atoms with Crippen molar-refractivity contribution in [3.8, 4) is 0 Å². The molecule has 90 valence electrons. The maximum Gasteiger partial charge on any atom is 0.326 e. The molecule has 0 atom stereocenters. The molecule has 1 aliphatic carbocycles. The zero-order valence-electron chi connectivity index (χ0n) is 9.58. The highest BCUT2D eigenvalue weighted by atomic mass is 35.5. The summed E-state index contributed by atoms with van der Waals surface area (Å²) in [4.78, 5) is 14.9. The van der Waals surface area contributed by atoms with Crippen LogP contribution in [0.15, 0.2) is 23.0 Å². The van der Waals surface area contributed by atoms with Gasteiger partial charge in [-0.3, -0.25) is 4.57 Å². The zero-order valence-corrected chi connectivity index (χ0v) is 10.3. The number of imidazole rings is 1. The lowest BCUT2D eigenvalue weighted by Crippen LogP contribution is -2.24. The number of benzene rings is 1. The van der Waals surface area contributed by atoms with Crippen molar-refractivity contribution < 1.29 is 0 Å². The second-order valence-electron chi connectivity index (χ2n) is 4.73. The molecule has 0 spiro atoms. The Morgan fingerprint density at radius 2 is 2.00 bits per heavy atom. The standard InChI is InChI=1S/C13H15ClN2O/c14-10-7-4-8-11-12(10)16(13(17)15-11)9-5-2-1-3-6-9/h4,7-9H,1-3,5-6H2,(H,15,17). The van der Waals surface area contributed by atoms with E-state index in [4.69, 9.17) is 11.6 Å². The summed E-state index contributed by atoms with van der Waals surface area (Å²) in [6, 6.07) is 5.93. The predicted molar refractivity (Wildman–Crippen MR) is 69.7 cm³/mol. The first-order valence-electron chi connectivity index (χ1n) is 6.16. The topological polar surface area (TPSA) is 37.8 Å². The van der Waals surface area contributed by atoms with Gasteiger partial charge in [-0.25, -0.2) is 4.79 Å². The number of para-hydroxylation sites is 1. The van der Waals surface area contributed by atoms with E-state index in [0.29, 0.717) is 11.1 Å². The third-order valence-corrected chi connectivity index (χ3v) is 3.93. The number of aromatic nitrogens is 2. The van der Waals surface area contributed by atoms with Crippen LogP contribution in [0.4, 0.5) is 0 Å². The molecule has 17 heavy (non-hydrogen) atoms. The van der Waals surface area contributed by atoms with Crippen molar-refractivity contribution in [3.63, 3.8) is 0 Å². The van der Waals surface area contributed by atoms with Crippen molar-refractivity contribution in [2.45, 2.75) is 38.1 Å². The van der Waals surface area contributed by atoms with Crippen LogP contribution in [-0.4, -0.2) is 9.55 Å². The minimum absolute atomic E-state index is 0.0278. The minimum Gasteiger partial charge on any atom is -0.305 e. The largest absolute Gasteiger partial charge is 0.326 e. The van der Waals surface area contributed by atoms with Crippen molar-refractivity contribution in [1.82, 2.24) is 9.55 Å².